The third kappa shape index (κ3) is 2.19. The maximum Gasteiger partial charge on any atom is 0.154 e. The third-order valence-electron chi connectivity index (χ3n) is 3.45. The summed E-state index contributed by atoms with van der Waals surface area (Å²) >= 11 is 6.11. The summed E-state index contributed by atoms with van der Waals surface area (Å²) in [5.41, 5.74) is 1.75. The Morgan fingerprint density at radius 3 is 2.56 bits per heavy atom. The quantitative estimate of drug-likeness (QED) is 0.824. The Hall–Kier alpha value is -1.22. The van der Waals surface area contributed by atoms with E-state index in [-0.39, 0.29) is 11.3 Å². The lowest BCUT2D eigenvalue weighted by Gasteiger charge is -2.34. The molecule has 1 aliphatic rings. The highest BCUT2D eigenvalue weighted by molar-refractivity contribution is 6.31. The van der Waals surface area contributed by atoms with Crippen LogP contribution in [0.15, 0.2) is 12.1 Å². The third-order valence-corrected chi connectivity index (χ3v) is 3.85. The Bertz CT molecular complexity index is 497. The molecular weight excluding hydrogens is 250 g/mol. The zero-order chi connectivity index (χ0) is 13.5. The fourth-order valence-electron chi connectivity index (χ4n) is 2.46. The second kappa shape index (κ2) is 4.47. The number of carbonyl (C=O) groups is 1. The van der Waals surface area contributed by atoms with E-state index in [9.17, 15) is 4.79 Å². The van der Waals surface area contributed by atoms with E-state index in [2.05, 4.69) is 18.7 Å². The van der Waals surface area contributed by atoms with Crippen molar-refractivity contribution in [3.8, 4) is 5.75 Å². The van der Waals surface area contributed by atoms with Gasteiger partial charge in [0.25, 0.3) is 0 Å². The summed E-state index contributed by atoms with van der Waals surface area (Å²) < 4.78 is 5.38. The first-order valence-corrected chi connectivity index (χ1v) is 6.36. The second-order valence-electron chi connectivity index (χ2n) is 5.39. The summed E-state index contributed by atoms with van der Waals surface area (Å²) in [6.07, 6.45) is 0.567. The predicted molar refractivity (Wildman–Crippen MR) is 73.8 cm³/mol. The Balaban J connectivity index is 2.50. The Labute approximate surface area is 113 Å². The number of ether oxygens (including phenoxy) is 1. The van der Waals surface area contributed by atoms with Gasteiger partial charge < -0.3 is 9.64 Å². The molecule has 0 saturated carbocycles. The molecule has 1 aromatic carbocycles. The van der Waals surface area contributed by atoms with Gasteiger partial charge in [0.15, 0.2) is 5.78 Å². The number of halogens is 1. The normalized spacial score (nSPS) is 18.3. The molecule has 1 aromatic rings. The van der Waals surface area contributed by atoms with Gasteiger partial charge in [0.1, 0.15) is 5.75 Å². The van der Waals surface area contributed by atoms with Crippen LogP contribution in [0, 0.1) is 6.92 Å². The van der Waals surface area contributed by atoms with Crippen LogP contribution in [0.4, 0.5) is 5.69 Å². The molecule has 0 amide bonds. The van der Waals surface area contributed by atoms with Crippen molar-refractivity contribution in [2.24, 2.45) is 0 Å². The topological polar surface area (TPSA) is 29.5 Å². The average molecular weight is 268 g/mol. The molecule has 3 nitrogen and oxygen atoms in total. The number of nitrogens with zero attached hydrogens (tertiary/aromatic N) is 1. The molecule has 1 heterocycles. The summed E-state index contributed by atoms with van der Waals surface area (Å²) in [7, 11) is 1.62. The first-order chi connectivity index (χ1) is 8.35. The summed E-state index contributed by atoms with van der Waals surface area (Å²) in [6, 6.07) is 3.80. The van der Waals surface area contributed by atoms with Crippen molar-refractivity contribution >= 4 is 23.1 Å². The highest BCUT2D eigenvalue weighted by Gasteiger charge is 2.38. The molecule has 0 spiro atoms. The maximum atomic E-state index is 11.7. The van der Waals surface area contributed by atoms with E-state index in [1.165, 1.54) is 0 Å². The first-order valence-electron chi connectivity index (χ1n) is 5.98. The van der Waals surface area contributed by atoms with Crippen molar-refractivity contribution in [3.05, 3.63) is 22.7 Å². The molecular formula is C14H18ClNO2. The molecule has 0 N–H and O–H groups in total. The van der Waals surface area contributed by atoms with Gasteiger partial charge >= 0.3 is 0 Å². The molecule has 0 radical (unpaired) electrons. The van der Waals surface area contributed by atoms with E-state index in [0.717, 1.165) is 11.3 Å². The van der Waals surface area contributed by atoms with Crippen LogP contribution in [0.25, 0.3) is 0 Å². The molecule has 0 aromatic heterocycles. The molecule has 0 atom stereocenters. The zero-order valence-corrected chi connectivity index (χ0v) is 12.0. The maximum absolute atomic E-state index is 11.7. The minimum absolute atomic E-state index is 0.176. The van der Waals surface area contributed by atoms with Crippen LogP contribution in [0.3, 0.4) is 0 Å². The SMILES string of the molecule is COc1cc(Cl)c(C)cc1N1CC(=O)CC1(C)C. The number of aryl methyl sites for hydroxylation is 1. The zero-order valence-electron chi connectivity index (χ0n) is 11.2. The number of rotatable bonds is 2. The van der Waals surface area contributed by atoms with Crippen molar-refractivity contribution in [3.63, 3.8) is 0 Å². The van der Waals surface area contributed by atoms with Crippen LogP contribution < -0.4 is 9.64 Å². The van der Waals surface area contributed by atoms with Gasteiger partial charge in [0, 0.05) is 23.0 Å². The number of carbonyl (C=O) groups excluding carboxylic acids is 1. The largest absolute Gasteiger partial charge is 0.495 e. The van der Waals surface area contributed by atoms with E-state index in [1.807, 2.05) is 19.1 Å². The summed E-state index contributed by atoms with van der Waals surface area (Å²) in [5.74, 6) is 0.975. The number of Topliss-reactive ketones (excluding diaryl/α,β-unsaturated/α-hetero) is 1. The predicted octanol–water partition coefficient (Wildman–Crippen LogP) is 3.21. The van der Waals surface area contributed by atoms with Gasteiger partial charge in [-0.3, -0.25) is 4.79 Å². The highest BCUT2D eigenvalue weighted by Crippen LogP contribution is 2.40. The van der Waals surface area contributed by atoms with Crippen molar-refractivity contribution in [1.82, 2.24) is 0 Å². The molecule has 18 heavy (non-hydrogen) atoms. The standard InChI is InChI=1S/C14H18ClNO2/c1-9-5-12(13(18-4)6-11(9)15)16-8-10(17)7-14(16,2)3/h5-6H,7-8H2,1-4H3. The lowest BCUT2D eigenvalue weighted by molar-refractivity contribution is -0.116. The molecule has 98 valence electrons. The van der Waals surface area contributed by atoms with Crippen LogP contribution in [0.5, 0.6) is 5.75 Å². The van der Waals surface area contributed by atoms with E-state index in [4.69, 9.17) is 16.3 Å². The lowest BCUT2D eigenvalue weighted by atomic mass is 10.0. The summed E-state index contributed by atoms with van der Waals surface area (Å²) in [4.78, 5) is 13.8. The number of benzene rings is 1. The molecule has 1 saturated heterocycles. The van der Waals surface area contributed by atoms with Crippen molar-refractivity contribution in [2.45, 2.75) is 32.7 Å². The van der Waals surface area contributed by atoms with Gasteiger partial charge in [0.05, 0.1) is 19.3 Å². The molecule has 0 aliphatic carbocycles. The fourth-order valence-corrected chi connectivity index (χ4v) is 2.61. The van der Waals surface area contributed by atoms with Crippen LogP contribution in [-0.4, -0.2) is 25.0 Å². The molecule has 1 fully saturated rings. The molecule has 0 unspecified atom stereocenters. The Kier molecular flexibility index (Phi) is 3.28. The number of ketones is 1. The van der Waals surface area contributed by atoms with E-state index in [0.29, 0.717) is 23.7 Å². The van der Waals surface area contributed by atoms with Gasteiger partial charge in [-0.15, -0.1) is 0 Å². The van der Waals surface area contributed by atoms with Crippen LogP contribution in [0.1, 0.15) is 25.8 Å². The van der Waals surface area contributed by atoms with Crippen molar-refractivity contribution in [2.75, 3.05) is 18.6 Å². The van der Waals surface area contributed by atoms with Crippen molar-refractivity contribution in [1.29, 1.82) is 0 Å². The fraction of sp³-hybridized carbons (Fsp3) is 0.500. The van der Waals surface area contributed by atoms with Gasteiger partial charge in [0.2, 0.25) is 0 Å². The van der Waals surface area contributed by atoms with E-state index < -0.39 is 0 Å². The molecule has 4 heteroatoms. The second-order valence-corrected chi connectivity index (χ2v) is 5.79. The van der Waals surface area contributed by atoms with Gasteiger partial charge in [-0.05, 0) is 32.4 Å². The molecule has 0 bridgehead atoms. The number of anilines is 1. The van der Waals surface area contributed by atoms with Gasteiger partial charge in [-0.2, -0.15) is 0 Å². The minimum Gasteiger partial charge on any atom is -0.495 e. The Morgan fingerprint density at radius 2 is 2.06 bits per heavy atom. The van der Waals surface area contributed by atoms with Crippen LogP contribution >= 0.6 is 11.6 Å². The Morgan fingerprint density at radius 1 is 1.39 bits per heavy atom. The molecule has 2 rings (SSSR count). The highest BCUT2D eigenvalue weighted by atomic mass is 35.5. The molecule has 1 aliphatic heterocycles. The van der Waals surface area contributed by atoms with Gasteiger partial charge in [-0.1, -0.05) is 11.6 Å². The van der Waals surface area contributed by atoms with E-state index >= 15 is 0 Å². The number of hydrogen-bond donors (Lipinski definition) is 0. The minimum atomic E-state index is -0.176. The smallest absolute Gasteiger partial charge is 0.154 e. The van der Waals surface area contributed by atoms with Gasteiger partial charge in [-0.25, -0.2) is 0 Å². The average Bonchev–Trinajstić information content (AvgIpc) is 2.55. The monoisotopic (exact) mass is 267 g/mol. The summed E-state index contributed by atoms with van der Waals surface area (Å²) in [6.45, 7) is 6.53. The van der Waals surface area contributed by atoms with Crippen LogP contribution in [0.2, 0.25) is 5.02 Å². The lowest BCUT2D eigenvalue weighted by Crippen LogP contribution is -2.38. The van der Waals surface area contributed by atoms with Crippen molar-refractivity contribution < 1.29 is 9.53 Å². The first kappa shape index (κ1) is 13.2. The number of hydrogen-bond acceptors (Lipinski definition) is 3. The van der Waals surface area contributed by atoms with Crippen LogP contribution in [-0.2, 0) is 4.79 Å². The summed E-state index contributed by atoms with van der Waals surface area (Å²) in [5, 5.41) is 0.680. The van der Waals surface area contributed by atoms with E-state index in [1.54, 1.807) is 7.11 Å². The number of methoxy groups -OCH3 is 1.